The Kier molecular flexibility index (Phi) is 13.3. The molecule has 0 unspecified atom stereocenters. The van der Waals surface area contributed by atoms with Crippen molar-refractivity contribution in [2.24, 2.45) is 5.73 Å². The molecule has 3 nitrogen and oxygen atoms in total. The molecule has 0 aromatic carbocycles. The van der Waals surface area contributed by atoms with Crippen molar-refractivity contribution in [2.75, 3.05) is 13.7 Å². The van der Waals surface area contributed by atoms with Crippen LogP contribution in [0.2, 0.25) is 0 Å². The topological polar surface area (TPSA) is 66.5 Å². The predicted molar refractivity (Wildman–Crippen MR) is 28.9 cm³/mol. The minimum Gasteiger partial charge on any atom is -0.400 e. The van der Waals surface area contributed by atoms with Gasteiger partial charge in [0.25, 0.3) is 0 Å². The van der Waals surface area contributed by atoms with E-state index in [1.165, 1.54) is 0 Å². The first kappa shape index (κ1) is 9.99. The van der Waals surface area contributed by atoms with Crippen LogP contribution in [0.5, 0.6) is 0 Å². The van der Waals surface area contributed by atoms with E-state index in [9.17, 15) is 0 Å². The zero-order valence-corrected chi connectivity index (χ0v) is 4.76. The lowest BCUT2D eigenvalue weighted by Gasteiger charge is -1.91. The molecule has 0 aromatic heterocycles. The van der Waals surface area contributed by atoms with E-state index in [1.54, 1.807) is 6.92 Å². The molecule has 0 saturated heterocycles. The second kappa shape index (κ2) is 9.30. The fourth-order valence-electron chi connectivity index (χ4n) is 0. The third-order valence-corrected chi connectivity index (χ3v) is 0.341. The molecular formula is C4H13NO2. The van der Waals surface area contributed by atoms with Crippen LogP contribution in [0.15, 0.2) is 0 Å². The average Bonchev–Trinajstić information content (AvgIpc) is 1.73. The Morgan fingerprint density at radius 3 is 1.71 bits per heavy atom. The van der Waals surface area contributed by atoms with Gasteiger partial charge in [0.05, 0.1) is 6.10 Å². The van der Waals surface area contributed by atoms with E-state index in [-0.39, 0.29) is 6.10 Å². The lowest BCUT2D eigenvalue weighted by molar-refractivity contribution is 0.203. The van der Waals surface area contributed by atoms with Gasteiger partial charge < -0.3 is 15.9 Å². The highest BCUT2D eigenvalue weighted by Crippen LogP contribution is 1.65. The van der Waals surface area contributed by atoms with Gasteiger partial charge in [-0.25, -0.2) is 0 Å². The van der Waals surface area contributed by atoms with Crippen molar-refractivity contribution >= 4 is 0 Å². The van der Waals surface area contributed by atoms with Crippen molar-refractivity contribution in [3.63, 3.8) is 0 Å². The second-order valence-corrected chi connectivity index (χ2v) is 1.08. The molecule has 0 fully saturated rings. The molecule has 0 rings (SSSR count). The summed E-state index contributed by atoms with van der Waals surface area (Å²) in [6.07, 6.45) is -0.338. The molecule has 0 heterocycles. The van der Waals surface area contributed by atoms with Crippen LogP contribution in [-0.2, 0) is 0 Å². The van der Waals surface area contributed by atoms with E-state index in [0.717, 1.165) is 7.11 Å². The highest BCUT2D eigenvalue weighted by Gasteiger charge is 1.81. The zero-order valence-electron chi connectivity index (χ0n) is 4.76. The highest BCUT2D eigenvalue weighted by molar-refractivity contribution is 4.40. The van der Waals surface area contributed by atoms with Crippen LogP contribution < -0.4 is 5.73 Å². The number of aliphatic hydroxyl groups excluding tert-OH is 2. The van der Waals surface area contributed by atoms with Gasteiger partial charge in [-0.2, -0.15) is 0 Å². The van der Waals surface area contributed by atoms with Crippen LogP contribution in [0.1, 0.15) is 6.92 Å². The molecule has 7 heavy (non-hydrogen) atoms. The minimum atomic E-state index is -0.338. The molecule has 0 aliphatic heterocycles. The molecule has 1 atom stereocenters. The van der Waals surface area contributed by atoms with Crippen LogP contribution in [0.25, 0.3) is 0 Å². The quantitative estimate of drug-likeness (QED) is 0.400. The average molecular weight is 107 g/mol. The molecule has 0 radical (unpaired) electrons. The number of hydrogen-bond donors (Lipinski definition) is 3. The van der Waals surface area contributed by atoms with Gasteiger partial charge in [0.15, 0.2) is 0 Å². The molecule has 0 aliphatic carbocycles. The number of nitrogens with two attached hydrogens (primary N) is 1. The summed E-state index contributed by atoms with van der Waals surface area (Å²) in [6, 6.07) is 0. The molecule has 0 aliphatic rings. The first-order chi connectivity index (χ1) is 3.27. The minimum absolute atomic E-state index is 0.338. The fraction of sp³-hybridized carbons (Fsp3) is 1.00. The Morgan fingerprint density at radius 2 is 1.71 bits per heavy atom. The molecule has 3 heteroatoms. The number of hydrogen-bond acceptors (Lipinski definition) is 3. The smallest absolute Gasteiger partial charge is 0.0634 e. The predicted octanol–water partition coefficient (Wildman–Crippen LogP) is -1.07. The monoisotopic (exact) mass is 107 g/mol. The molecule has 0 saturated carbocycles. The summed E-state index contributed by atoms with van der Waals surface area (Å²) in [6.45, 7) is 2.01. The van der Waals surface area contributed by atoms with E-state index in [0.29, 0.717) is 6.54 Å². The van der Waals surface area contributed by atoms with E-state index in [2.05, 4.69) is 0 Å². The Labute approximate surface area is 43.8 Å². The Bertz CT molecular complexity index is 23.7. The number of aliphatic hydroxyl groups is 2. The van der Waals surface area contributed by atoms with Crippen molar-refractivity contribution in [3.8, 4) is 0 Å². The summed E-state index contributed by atoms with van der Waals surface area (Å²) in [5.74, 6) is 0. The molecular weight excluding hydrogens is 94.0 g/mol. The van der Waals surface area contributed by atoms with Gasteiger partial charge in [-0.1, -0.05) is 0 Å². The van der Waals surface area contributed by atoms with Gasteiger partial charge in [0.2, 0.25) is 0 Å². The first-order valence-electron chi connectivity index (χ1n) is 2.10. The fourth-order valence-corrected chi connectivity index (χ4v) is 0. The van der Waals surface area contributed by atoms with Crippen LogP contribution in [0.4, 0.5) is 0 Å². The third kappa shape index (κ3) is 25.0. The second-order valence-electron chi connectivity index (χ2n) is 1.08. The summed E-state index contributed by atoms with van der Waals surface area (Å²) in [5, 5.41) is 15.2. The van der Waals surface area contributed by atoms with Crippen molar-refractivity contribution in [1.82, 2.24) is 0 Å². The van der Waals surface area contributed by atoms with Gasteiger partial charge in [-0.15, -0.1) is 0 Å². The maximum Gasteiger partial charge on any atom is 0.0634 e. The molecule has 0 aromatic rings. The Morgan fingerprint density at radius 1 is 1.57 bits per heavy atom. The van der Waals surface area contributed by atoms with E-state index >= 15 is 0 Å². The van der Waals surface area contributed by atoms with Crippen molar-refractivity contribution in [2.45, 2.75) is 13.0 Å². The first-order valence-corrected chi connectivity index (χ1v) is 2.10. The van der Waals surface area contributed by atoms with E-state index in [1.807, 2.05) is 0 Å². The SMILES string of the molecule is CO.C[C@H](O)CN. The van der Waals surface area contributed by atoms with Gasteiger partial charge in [0, 0.05) is 13.7 Å². The Balaban J connectivity index is 0. The number of rotatable bonds is 1. The largest absolute Gasteiger partial charge is 0.400 e. The van der Waals surface area contributed by atoms with E-state index in [4.69, 9.17) is 15.9 Å². The maximum absolute atomic E-state index is 8.24. The lowest BCUT2D eigenvalue weighted by atomic mass is 10.4. The van der Waals surface area contributed by atoms with Crippen molar-refractivity contribution in [1.29, 1.82) is 0 Å². The standard InChI is InChI=1S/C3H9NO.CH4O/c1-3(5)2-4;1-2/h3,5H,2,4H2,1H3;2H,1H3/t3-;/m0./s1. The van der Waals surface area contributed by atoms with Gasteiger partial charge in [0.1, 0.15) is 0 Å². The van der Waals surface area contributed by atoms with Crippen molar-refractivity contribution in [3.05, 3.63) is 0 Å². The highest BCUT2D eigenvalue weighted by atomic mass is 16.3. The summed E-state index contributed by atoms with van der Waals surface area (Å²) in [5.41, 5.74) is 4.92. The van der Waals surface area contributed by atoms with Crippen LogP contribution in [0, 0.1) is 0 Å². The normalized spacial score (nSPS) is 11.6. The van der Waals surface area contributed by atoms with Gasteiger partial charge in [-0.05, 0) is 6.92 Å². The van der Waals surface area contributed by atoms with Crippen LogP contribution >= 0.6 is 0 Å². The van der Waals surface area contributed by atoms with Crippen LogP contribution in [-0.4, -0.2) is 30.0 Å². The van der Waals surface area contributed by atoms with Gasteiger partial charge in [-0.3, -0.25) is 0 Å². The zero-order chi connectivity index (χ0) is 6.28. The Hall–Kier alpha value is -0.120. The molecule has 46 valence electrons. The summed E-state index contributed by atoms with van der Waals surface area (Å²) >= 11 is 0. The maximum atomic E-state index is 8.24. The molecule has 0 amide bonds. The third-order valence-electron chi connectivity index (χ3n) is 0.341. The summed E-state index contributed by atoms with van der Waals surface area (Å²) in [7, 11) is 1.00. The van der Waals surface area contributed by atoms with E-state index < -0.39 is 0 Å². The molecule has 4 N–H and O–H groups in total. The summed E-state index contributed by atoms with van der Waals surface area (Å²) in [4.78, 5) is 0. The van der Waals surface area contributed by atoms with Crippen LogP contribution in [0.3, 0.4) is 0 Å². The molecule has 0 bridgehead atoms. The summed E-state index contributed by atoms with van der Waals surface area (Å²) < 4.78 is 0. The van der Waals surface area contributed by atoms with Crippen molar-refractivity contribution < 1.29 is 10.2 Å². The van der Waals surface area contributed by atoms with Gasteiger partial charge >= 0.3 is 0 Å². The lowest BCUT2D eigenvalue weighted by Crippen LogP contribution is -2.14. The molecule has 0 spiro atoms.